The molecule has 0 rings (SSSR count). The van der Waals surface area contributed by atoms with E-state index in [9.17, 15) is 4.79 Å². The molecule has 1 atom stereocenters. The topological polar surface area (TPSA) is 43.1 Å². The van der Waals surface area contributed by atoms with Gasteiger partial charge in [-0.25, -0.2) is 0 Å². The number of hydrogen-bond acceptors (Lipinski definition) is 1. The summed E-state index contributed by atoms with van der Waals surface area (Å²) in [5.41, 5.74) is 4.83. The Labute approximate surface area is 43.7 Å². The lowest BCUT2D eigenvalue weighted by molar-refractivity contribution is -0.121. The van der Waals surface area contributed by atoms with Crippen LogP contribution in [0.25, 0.3) is 0 Å². The maximum absolute atomic E-state index is 10.1. The molecule has 1 amide bonds. The van der Waals surface area contributed by atoms with Gasteiger partial charge in [-0.15, -0.1) is 0 Å². The van der Waals surface area contributed by atoms with Gasteiger partial charge in [-0.2, -0.15) is 0 Å². The summed E-state index contributed by atoms with van der Waals surface area (Å²) in [6.45, 7) is 6.77. The van der Waals surface area contributed by atoms with Gasteiger partial charge >= 0.3 is 0 Å². The molecule has 0 aliphatic heterocycles. The highest BCUT2D eigenvalue weighted by atomic mass is 16.1. The quantitative estimate of drug-likeness (QED) is 0.528. The second-order valence-corrected chi connectivity index (χ2v) is 1.54. The Morgan fingerprint density at radius 3 is 2.43 bits per heavy atom. The third-order valence-electron chi connectivity index (χ3n) is 0.839. The molecule has 2 radical (unpaired) electrons. The molecular weight excluding hydrogens is 90.1 g/mol. The van der Waals surface area contributed by atoms with Gasteiger partial charge in [-0.3, -0.25) is 4.79 Å². The Bertz CT molecular complexity index is 70.5. The molecule has 0 aromatic carbocycles. The van der Waals surface area contributed by atoms with Crippen LogP contribution in [-0.4, -0.2) is 5.91 Å². The molecule has 0 bridgehead atoms. The Kier molecular flexibility index (Phi) is 2.41. The summed E-state index contributed by atoms with van der Waals surface area (Å²) in [4.78, 5) is 10.1. The number of nitrogens with two attached hydrogens (primary N) is 1. The van der Waals surface area contributed by atoms with Gasteiger partial charge in [0.25, 0.3) is 0 Å². The molecule has 40 valence electrons. The van der Waals surface area contributed by atoms with Crippen LogP contribution in [-0.2, 0) is 4.79 Å². The minimum Gasteiger partial charge on any atom is -0.369 e. The van der Waals surface area contributed by atoms with E-state index in [2.05, 4.69) is 0 Å². The first-order valence-corrected chi connectivity index (χ1v) is 2.18. The maximum Gasteiger partial charge on any atom is 0.220 e. The molecule has 0 heterocycles. The van der Waals surface area contributed by atoms with Crippen LogP contribution in [0.4, 0.5) is 0 Å². The molecule has 2 heteroatoms. The SMILES string of the molecule is [CH]CC(C)C(N)=O. The largest absolute Gasteiger partial charge is 0.369 e. The molecule has 0 aliphatic carbocycles. The zero-order valence-electron chi connectivity index (χ0n) is 4.35. The molecule has 0 spiro atoms. The molecule has 2 N–H and O–H groups in total. The maximum atomic E-state index is 10.1. The van der Waals surface area contributed by atoms with E-state index in [0.717, 1.165) is 0 Å². The van der Waals surface area contributed by atoms with E-state index in [4.69, 9.17) is 12.7 Å². The van der Waals surface area contributed by atoms with Crippen molar-refractivity contribution in [2.45, 2.75) is 13.3 Å². The summed E-state index contributed by atoms with van der Waals surface area (Å²) in [7, 11) is 0. The fraction of sp³-hybridized carbons (Fsp3) is 0.600. The van der Waals surface area contributed by atoms with Crippen molar-refractivity contribution >= 4 is 5.91 Å². The van der Waals surface area contributed by atoms with Crippen LogP contribution >= 0.6 is 0 Å². The van der Waals surface area contributed by atoms with Gasteiger partial charge in [-0.05, 0) is 13.3 Å². The zero-order valence-corrected chi connectivity index (χ0v) is 4.35. The Hall–Kier alpha value is -0.530. The molecule has 0 aromatic rings. The number of carbonyl (C=O) groups is 1. The minimum absolute atomic E-state index is 0.181. The Balaban J connectivity index is 3.34. The summed E-state index contributed by atoms with van der Waals surface area (Å²) in [5, 5.41) is 0. The highest BCUT2D eigenvalue weighted by Gasteiger charge is 2.02. The van der Waals surface area contributed by atoms with Crippen molar-refractivity contribution in [3.63, 3.8) is 0 Å². The van der Waals surface area contributed by atoms with Crippen molar-refractivity contribution in [1.82, 2.24) is 0 Å². The first-order chi connectivity index (χ1) is 3.18. The first kappa shape index (κ1) is 6.47. The molecule has 1 unspecified atom stereocenters. The molecule has 7 heavy (non-hydrogen) atoms. The van der Waals surface area contributed by atoms with Gasteiger partial charge in [0.05, 0.1) is 0 Å². The standard InChI is InChI=1S/C5H9NO/c1-3-4(2)5(6)7/h1,4H,3H2,2H3,(H2,6,7). The van der Waals surface area contributed by atoms with Crippen molar-refractivity contribution < 1.29 is 4.79 Å². The van der Waals surface area contributed by atoms with E-state index in [0.29, 0.717) is 6.42 Å². The minimum atomic E-state index is -0.331. The smallest absolute Gasteiger partial charge is 0.220 e. The van der Waals surface area contributed by atoms with Crippen LogP contribution in [0.15, 0.2) is 0 Å². The number of carbonyl (C=O) groups excluding carboxylic acids is 1. The number of rotatable bonds is 2. The lowest BCUT2D eigenvalue weighted by Crippen LogP contribution is -2.19. The second kappa shape index (κ2) is 2.61. The third-order valence-corrected chi connectivity index (χ3v) is 0.839. The van der Waals surface area contributed by atoms with Crippen molar-refractivity contribution in [3.8, 4) is 0 Å². The van der Waals surface area contributed by atoms with Gasteiger partial charge in [0.1, 0.15) is 0 Å². The highest BCUT2D eigenvalue weighted by molar-refractivity contribution is 5.76. The van der Waals surface area contributed by atoms with E-state index in [1.54, 1.807) is 6.92 Å². The number of hydrogen-bond donors (Lipinski definition) is 1. The van der Waals surface area contributed by atoms with Gasteiger partial charge in [0, 0.05) is 5.92 Å². The van der Waals surface area contributed by atoms with Gasteiger partial charge < -0.3 is 5.73 Å². The molecular formula is C5H9NO. The fourth-order valence-corrected chi connectivity index (χ4v) is 0.116. The summed E-state index contributed by atoms with van der Waals surface area (Å²) >= 11 is 0. The average Bonchev–Trinajstić information content (AvgIpc) is 1.65. The van der Waals surface area contributed by atoms with Crippen LogP contribution in [0.2, 0.25) is 0 Å². The molecule has 0 aliphatic rings. The van der Waals surface area contributed by atoms with E-state index in [1.807, 2.05) is 0 Å². The lowest BCUT2D eigenvalue weighted by atomic mass is 10.1. The van der Waals surface area contributed by atoms with Crippen LogP contribution in [0.5, 0.6) is 0 Å². The predicted molar refractivity (Wildman–Crippen MR) is 27.3 cm³/mol. The summed E-state index contributed by atoms with van der Waals surface area (Å²) in [6, 6.07) is 0. The summed E-state index contributed by atoms with van der Waals surface area (Å²) in [5.74, 6) is -0.512. The van der Waals surface area contributed by atoms with E-state index in [-0.39, 0.29) is 11.8 Å². The lowest BCUT2D eigenvalue weighted by Gasteiger charge is -1.97. The molecule has 0 saturated heterocycles. The summed E-state index contributed by atoms with van der Waals surface area (Å²) < 4.78 is 0. The van der Waals surface area contributed by atoms with Crippen LogP contribution < -0.4 is 5.73 Å². The molecule has 0 saturated carbocycles. The van der Waals surface area contributed by atoms with Gasteiger partial charge in [-0.1, -0.05) is 6.92 Å². The summed E-state index contributed by atoms with van der Waals surface area (Å²) in [6.07, 6.45) is 0.343. The first-order valence-electron chi connectivity index (χ1n) is 2.18. The number of primary amides is 1. The van der Waals surface area contributed by atoms with Gasteiger partial charge in [0.2, 0.25) is 5.91 Å². The Morgan fingerprint density at radius 1 is 2.00 bits per heavy atom. The highest BCUT2D eigenvalue weighted by Crippen LogP contribution is 1.95. The molecule has 0 aromatic heterocycles. The second-order valence-electron chi connectivity index (χ2n) is 1.54. The van der Waals surface area contributed by atoms with Crippen LogP contribution in [0.3, 0.4) is 0 Å². The molecule has 0 fully saturated rings. The van der Waals surface area contributed by atoms with Crippen molar-refractivity contribution in [2.24, 2.45) is 11.7 Å². The Morgan fingerprint density at radius 2 is 2.43 bits per heavy atom. The fourth-order valence-electron chi connectivity index (χ4n) is 0.116. The van der Waals surface area contributed by atoms with E-state index < -0.39 is 0 Å². The van der Waals surface area contributed by atoms with Gasteiger partial charge in [0.15, 0.2) is 0 Å². The third kappa shape index (κ3) is 2.20. The van der Waals surface area contributed by atoms with Crippen LogP contribution in [0, 0.1) is 12.8 Å². The average molecular weight is 99.1 g/mol. The predicted octanol–water partition coefficient (Wildman–Crippen LogP) is 0.209. The zero-order chi connectivity index (χ0) is 5.86. The normalized spacial score (nSPS) is 13.4. The van der Waals surface area contributed by atoms with Crippen molar-refractivity contribution in [1.29, 1.82) is 0 Å². The molecule has 2 nitrogen and oxygen atoms in total. The van der Waals surface area contributed by atoms with E-state index in [1.165, 1.54) is 0 Å². The monoisotopic (exact) mass is 99.1 g/mol. The van der Waals surface area contributed by atoms with Crippen molar-refractivity contribution in [3.05, 3.63) is 6.92 Å². The van der Waals surface area contributed by atoms with E-state index >= 15 is 0 Å². The van der Waals surface area contributed by atoms with Crippen LogP contribution in [0.1, 0.15) is 13.3 Å². The van der Waals surface area contributed by atoms with Crippen molar-refractivity contribution in [2.75, 3.05) is 0 Å². The number of amides is 1.